The van der Waals surface area contributed by atoms with E-state index in [4.69, 9.17) is 26.5 Å². The van der Waals surface area contributed by atoms with E-state index in [1.54, 1.807) is 24.8 Å². The first kappa shape index (κ1) is 64.6. The molecule has 0 bridgehead atoms. The van der Waals surface area contributed by atoms with Crippen molar-refractivity contribution in [2.24, 2.45) is 4.30 Å². The van der Waals surface area contributed by atoms with E-state index in [2.05, 4.69) is 236 Å². The maximum atomic E-state index is 5.87. The minimum absolute atomic E-state index is 0. The molecule has 1 aliphatic heterocycles. The van der Waals surface area contributed by atoms with Gasteiger partial charge in [0, 0.05) is 32.3 Å². The van der Waals surface area contributed by atoms with Gasteiger partial charge in [0.25, 0.3) is 0 Å². The second-order valence-corrected chi connectivity index (χ2v) is 32.3. The Balaban J connectivity index is 0.000000216. The number of thiol groups is 1. The van der Waals surface area contributed by atoms with E-state index >= 15 is 0 Å². The van der Waals surface area contributed by atoms with Crippen LogP contribution in [-0.2, 0) is 29.7 Å². The van der Waals surface area contributed by atoms with Gasteiger partial charge in [-0.1, -0.05) is 165 Å². The van der Waals surface area contributed by atoms with Crippen LogP contribution in [0.25, 0.3) is 0 Å². The average molecular weight is 1320 g/mol. The summed E-state index contributed by atoms with van der Waals surface area (Å²) in [5.41, 5.74) is 18.0. The topological polar surface area (TPSA) is 186 Å². The van der Waals surface area contributed by atoms with E-state index in [-0.39, 0.29) is 53.3 Å². The largest absolute Gasteiger partial charge is 0.0622 e. The fourth-order valence-electron chi connectivity index (χ4n) is 6.54. The molecule has 4 aliphatic rings. The Morgan fingerprint density at radius 2 is 0.973 bits per heavy atom. The van der Waals surface area contributed by atoms with Crippen molar-refractivity contribution in [3.8, 4) is 0 Å². The summed E-state index contributed by atoms with van der Waals surface area (Å²) in [6.07, 6.45) is 15.7. The second-order valence-electron chi connectivity index (χ2n) is 18.0. The van der Waals surface area contributed by atoms with Gasteiger partial charge in [-0.2, -0.15) is 0 Å². The van der Waals surface area contributed by atoms with Crippen molar-refractivity contribution >= 4 is 129 Å². The molecule has 3 aromatic heterocycles. The van der Waals surface area contributed by atoms with Gasteiger partial charge in [-0.05, 0) is 127 Å². The fraction of sp³-hybridized carbons (Fsp3) is 0.321. The summed E-state index contributed by atoms with van der Waals surface area (Å²) in [5, 5.41) is 5.99. The number of anilines is 3. The standard InChI is InChI=1S/C24H22P4.C9H17BO2.C7H8BrN3.C7H9N3.C4H4BrN3.C2H6.BHNS.Pd/c1-5-13-21(14-6-1)25-27(23-17-9-3-10-18-23)28(24-19-11-4-12-20-24)26-22-15-7-2-8-16-22;1-8(2)9(3,4)12-10(11-8)7-5-6-7;8-6-7(9)10-3-5(11-6)4-1-2-4;8-7-4-9-6(3-10-7)5-1-2-5;5-3-1-8-4(6)2-7-3;1-2;1-2-3;/h1-20,25-26H;7H,5-6H2,1-4H3;3-4H,1-2H2,(H2,9,10);3-5H,1-2H2,(H2,8,10);1-2H,(H2,6,8);1-2H3;3H;. The van der Waals surface area contributed by atoms with Gasteiger partial charge >= 0.3 is 31.9 Å². The molecule has 4 unspecified atom stereocenters. The van der Waals surface area contributed by atoms with Crippen LogP contribution in [0, 0.1) is 0 Å². The number of benzene rings is 4. The zero-order valence-corrected chi connectivity index (χ0v) is 52.6. The van der Waals surface area contributed by atoms with Crippen molar-refractivity contribution in [3.63, 3.8) is 0 Å². The van der Waals surface area contributed by atoms with Crippen LogP contribution >= 0.6 is 75.8 Å². The number of hydrogen-bond acceptors (Lipinski definition) is 13. The van der Waals surface area contributed by atoms with Gasteiger partial charge in [-0.25, -0.2) is 24.9 Å². The fourth-order valence-corrected chi connectivity index (χ4v) is 25.5. The molecule has 12 nitrogen and oxygen atoms in total. The van der Waals surface area contributed by atoms with Crippen molar-refractivity contribution < 1.29 is 29.7 Å². The second kappa shape index (κ2) is 33.5. The van der Waals surface area contributed by atoms with Crippen LogP contribution in [0.15, 0.2) is 166 Å². The van der Waals surface area contributed by atoms with Crippen molar-refractivity contribution in [2.45, 2.75) is 109 Å². The van der Waals surface area contributed by atoms with Crippen LogP contribution in [0.3, 0.4) is 0 Å². The molecular formula is C53H67B2Br2N10O2P4PdS. The molecule has 75 heavy (non-hydrogen) atoms. The van der Waals surface area contributed by atoms with E-state index in [0.717, 1.165) is 27.9 Å². The Morgan fingerprint density at radius 3 is 1.32 bits per heavy atom. The van der Waals surface area contributed by atoms with Gasteiger partial charge in [-0.3, -0.25) is 4.98 Å². The third-order valence-corrected chi connectivity index (χ3v) is 30.3. The van der Waals surface area contributed by atoms with E-state index in [1.165, 1.54) is 65.9 Å². The molecule has 4 aromatic carbocycles. The van der Waals surface area contributed by atoms with Gasteiger partial charge in [0.15, 0.2) is 5.82 Å². The number of hydrogen-bond donors (Lipinski definition) is 4. The van der Waals surface area contributed by atoms with Crippen LogP contribution in [0.5, 0.6) is 0 Å². The predicted octanol–water partition coefficient (Wildman–Crippen LogP) is 13.3. The first-order valence-electron chi connectivity index (χ1n) is 24.5. The van der Waals surface area contributed by atoms with Crippen molar-refractivity contribution in [1.82, 2.24) is 29.9 Å². The molecule has 6 N–H and O–H groups in total. The Labute approximate surface area is 488 Å². The van der Waals surface area contributed by atoms with Crippen LogP contribution in [0.4, 0.5) is 17.5 Å². The summed E-state index contributed by atoms with van der Waals surface area (Å²) in [5.74, 6) is 3.39. The quantitative estimate of drug-likeness (QED) is 0.0580. The van der Waals surface area contributed by atoms with Crippen molar-refractivity contribution in [3.05, 3.63) is 173 Å². The Kier molecular flexibility index (Phi) is 28.8. The number of halogens is 2. The molecular weight excluding hydrogens is 1250 g/mol. The van der Waals surface area contributed by atoms with E-state index in [1.807, 2.05) is 13.8 Å². The minimum Gasteiger partial charge on any atom is -0.0622 e. The molecule has 0 amide bonds. The normalized spacial score (nSPS) is 16.3. The number of rotatable bonds is 10. The maximum Gasteiger partial charge on any atom is 0 e. The molecule has 397 valence electrons. The number of aromatic nitrogens is 6. The van der Waals surface area contributed by atoms with Gasteiger partial charge in [0.1, 0.15) is 20.8 Å². The molecule has 0 spiro atoms. The predicted molar refractivity (Wildman–Crippen MR) is 331 cm³/mol. The Bertz CT molecular complexity index is 2580. The summed E-state index contributed by atoms with van der Waals surface area (Å²) in [7, 11) is 5.48. The smallest absolute Gasteiger partial charge is 0 e. The van der Waals surface area contributed by atoms with E-state index in [9.17, 15) is 0 Å². The molecule has 7 aromatic rings. The summed E-state index contributed by atoms with van der Waals surface area (Å²) >= 11 is 9.55. The molecule has 1 saturated heterocycles. The molecule has 4 atom stereocenters. The summed E-state index contributed by atoms with van der Waals surface area (Å²) in [6.45, 7) is 12.4. The monoisotopic (exact) mass is 1320 g/mol. The van der Waals surface area contributed by atoms with Crippen LogP contribution < -0.4 is 38.4 Å². The first-order chi connectivity index (χ1) is 35.7. The third-order valence-electron chi connectivity index (χ3n) is 11.6. The van der Waals surface area contributed by atoms with E-state index in [0.29, 0.717) is 44.3 Å². The summed E-state index contributed by atoms with van der Waals surface area (Å²) in [4.78, 5) is 23.9. The zero-order chi connectivity index (χ0) is 53.5. The molecule has 4 heterocycles. The Hall–Kier alpha value is -2.94. The molecule has 11 rings (SSSR count). The van der Waals surface area contributed by atoms with Gasteiger partial charge in [0.2, 0.25) is 0 Å². The Morgan fingerprint density at radius 1 is 0.587 bits per heavy atom. The van der Waals surface area contributed by atoms with Crippen LogP contribution in [-0.4, -0.2) is 55.9 Å². The van der Waals surface area contributed by atoms with Gasteiger partial charge in [-0.15, -0.1) is 0 Å². The average Bonchev–Trinajstić information content (AvgIpc) is 4.24. The number of nitrogens with zero attached hydrogens (tertiary/aromatic N) is 7. The summed E-state index contributed by atoms with van der Waals surface area (Å²) < 4.78 is 15.8. The molecule has 1 radical (unpaired) electrons. The maximum absolute atomic E-state index is 5.87. The molecule has 4 fully saturated rings. The van der Waals surface area contributed by atoms with Crippen LogP contribution in [0.1, 0.15) is 103 Å². The van der Waals surface area contributed by atoms with Gasteiger partial charge < -0.3 is 26.5 Å². The zero-order valence-electron chi connectivity index (χ0n) is 43.2. The first-order valence-corrected chi connectivity index (χ1v) is 33.5. The third kappa shape index (κ3) is 22.7. The number of nitrogens with two attached hydrogens (primary N) is 3. The molecule has 3 aliphatic carbocycles. The van der Waals surface area contributed by atoms with Crippen LogP contribution in [0.2, 0.25) is 5.82 Å². The SMILES string of the molecule is CC.CC1(C)OB(C2CC2)OC1(C)C.Nc1cnc(Br)cn1.Nc1cnc(C2CC2)cn1.Nc1ncc(C2CC2)nc1Br.[B]=NS.[Pd].c1ccc(PP(c2ccccc2)P(Pc2ccccc2)c2ccccc2)cc1. The molecule has 22 heteroatoms. The summed E-state index contributed by atoms with van der Waals surface area (Å²) in [6, 6.07) is 44.5. The van der Waals surface area contributed by atoms with E-state index < -0.39 is 0 Å². The van der Waals surface area contributed by atoms with Crippen molar-refractivity contribution in [1.29, 1.82) is 0 Å². The molecule has 3 saturated carbocycles. The minimum atomic E-state index is -0.291. The van der Waals surface area contributed by atoms with Gasteiger partial charge in [0.05, 0.1) is 53.6 Å². The van der Waals surface area contributed by atoms with Crippen molar-refractivity contribution in [2.75, 3.05) is 17.2 Å². The number of nitrogen functional groups attached to an aromatic ring is 3.